The summed E-state index contributed by atoms with van der Waals surface area (Å²) in [6, 6.07) is 0. The van der Waals surface area contributed by atoms with Crippen LogP contribution in [0.4, 0.5) is 13.2 Å². The SMILES string of the molecule is CCC(C(=O)[C@@H](C)[C@@H](O)[C@H](C)[C@@H]1O[C@@H]([C@@H](CC)C(=O)NCC(F)(F)F)CC[C@@H]1C)[C@H]1O[C@]2(C=CC(=O)[C@]3(CC[C@@](C)([C@H]4CC[C@](O)(CC)[C@H](C)O4)O3)O2)[C@H](C)C[C@@H]1C. The van der Waals surface area contributed by atoms with Crippen molar-refractivity contribution in [2.45, 2.75) is 199 Å². The van der Waals surface area contributed by atoms with Crippen LogP contribution in [-0.4, -0.2) is 99.8 Å². The van der Waals surface area contributed by atoms with Gasteiger partial charge in [0, 0.05) is 30.1 Å². The average Bonchev–Trinajstić information content (AvgIpc) is 3.52. The van der Waals surface area contributed by atoms with E-state index in [2.05, 4.69) is 0 Å². The number of aliphatic hydroxyl groups is 2. The zero-order valence-corrected chi connectivity index (χ0v) is 36.2. The van der Waals surface area contributed by atoms with Gasteiger partial charge in [-0.2, -0.15) is 13.2 Å². The lowest BCUT2D eigenvalue weighted by atomic mass is 9.72. The van der Waals surface area contributed by atoms with E-state index in [1.165, 1.54) is 6.08 Å². The van der Waals surface area contributed by atoms with Crippen LogP contribution in [0.25, 0.3) is 0 Å². The van der Waals surface area contributed by atoms with Crippen LogP contribution in [0.2, 0.25) is 0 Å². The molecule has 17 atom stereocenters. The summed E-state index contributed by atoms with van der Waals surface area (Å²) in [7, 11) is 0. The van der Waals surface area contributed by atoms with Crippen LogP contribution in [-0.2, 0) is 38.1 Å². The summed E-state index contributed by atoms with van der Waals surface area (Å²) in [6.45, 7) is 17.5. The molecule has 1 unspecified atom stereocenters. The molecular formula is C44H70F3NO10. The Bertz CT molecular complexity index is 1510. The van der Waals surface area contributed by atoms with Crippen molar-refractivity contribution in [1.82, 2.24) is 5.32 Å². The Morgan fingerprint density at radius 1 is 0.931 bits per heavy atom. The molecule has 11 nitrogen and oxygen atoms in total. The van der Waals surface area contributed by atoms with E-state index in [4.69, 9.17) is 23.7 Å². The fraction of sp³-hybridized carbons (Fsp3) is 0.886. The van der Waals surface area contributed by atoms with Gasteiger partial charge in [-0.3, -0.25) is 14.4 Å². The van der Waals surface area contributed by atoms with Crippen molar-refractivity contribution in [3.63, 3.8) is 0 Å². The van der Waals surface area contributed by atoms with Crippen LogP contribution >= 0.6 is 0 Å². The number of Topliss-reactive ketones (excluding diaryl/α,β-unsaturated/α-hetero) is 1. The van der Waals surface area contributed by atoms with Crippen molar-refractivity contribution in [2.75, 3.05) is 6.54 Å². The minimum absolute atomic E-state index is 0.0263. The molecule has 332 valence electrons. The summed E-state index contributed by atoms with van der Waals surface area (Å²) < 4.78 is 71.8. The number of amides is 1. The van der Waals surface area contributed by atoms with Crippen LogP contribution in [0, 0.1) is 41.4 Å². The molecule has 0 radical (unpaired) electrons. The summed E-state index contributed by atoms with van der Waals surface area (Å²) in [5.74, 6) is -7.22. The van der Waals surface area contributed by atoms with E-state index in [1.54, 1.807) is 19.9 Å². The first-order chi connectivity index (χ1) is 27.0. The molecule has 58 heavy (non-hydrogen) atoms. The van der Waals surface area contributed by atoms with Gasteiger partial charge in [-0.25, -0.2) is 0 Å². The van der Waals surface area contributed by atoms with Crippen molar-refractivity contribution < 1.29 is 61.5 Å². The maximum absolute atomic E-state index is 14.5. The van der Waals surface area contributed by atoms with Gasteiger partial charge < -0.3 is 39.2 Å². The second-order valence-corrected chi connectivity index (χ2v) is 18.7. The molecule has 4 saturated heterocycles. The summed E-state index contributed by atoms with van der Waals surface area (Å²) in [5, 5.41) is 24.8. The van der Waals surface area contributed by atoms with Crippen molar-refractivity contribution in [1.29, 1.82) is 0 Å². The first-order valence-corrected chi connectivity index (χ1v) is 21.9. The van der Waals surface area contributed by atoms with E-state index in [9.17, 15) is 37.8 Å². The molecule has 0 bridgehead atoms. The van der Waals surface area contributed by atoms with Crippen LogP contribution in [0.1, 0.15) is 133 Å². The van der Waals surface area contributed by atoms with Gasteiger partial charge >= 0.3 is 6.18 Å². The summed E-state index contributed by atoms with van der Waals surface area (Å²) in [5.41, 5.74) is -1.77. The Morgan fingerprint density at radius 2 is 1.60 bits per heavy atom. The molecule has 0 aromatic heterocycles. The van der Waals surface area contributed by atoms with Gasteiger partial charge in [0.2, 0.25) is 17.5 Å². The number of alkyl halides is 3. The lowest BCUT2D eigenvalue weighted by Crippen LogP contribution is -2.62. The van der Waals surface area contributed by atoms with Gasteiger partial charge in [-0.15, -0.1) is 0 Å². The van der Waals surface area contributed by atoms with Crippen LogP contribution in [0.3, 0.4) is 0 Å². The Morgan fingerprint density at radius 3 is 2.21 bits per heavy atom. The van der Waals surface area contributed by atoms with Crippen molar-refractivity contribution in [3.8, 4) is 0 Å². The number of rotatable bonds is 13. The molecule has 5 rings (SSSR count). The van der Waals surface area contributed by atoms with E-state index in [1.807, 2.05) is 60.7 Å². The van der Waals surface area contributed by atoms with E-state index < -0.39 is 95.6 Å². The topological polar surface area (TPSA) is 150 Å². The molecule has 0 aromatic carbocycles. The third-order valence-corrected chi connectivity index (χ3v) is 14.8. The highest BCUT2D eigenvalue weighted by molar-refractivity contribution is 5.97. The predicted molar refractivity (Wildman–Crippen MR) is 209 cm³/mol. The largest absolute Gasteiger partial charge is 0.405 e. The second kappa shape index (κ2) is 17.8. The smallest absolute Gasteiger partial charge is 0.392 e. The lowest BCUT2D eigenvalue weighted by Gasteiger charge is -2.53. The standard InChI is InChI=1S/C44H70F3NO10/c1-11-30(39(52)48-23-44(45,46)47)32-15-14-24(4)37(55-32)28(8)35(50)27(7)36(51)31(12-2)38-25(5)22-26(6)42(56-38)19-16-33(49)43(58-42)21-20-40(10,57-43)34-17-18-41(53,13-3)29(9)54-34/h16,19,24-32,34-35,37-38,50,53H,11-15,17-18,20-23H2,1-10H3,(H,48,52)/t24-,25-,26+,27-,28-,29-,30+,31?,32+,34+,35+,37+,38-,40-,41+,42-,43-/m0/s1. The van der Waals surface area contributed by atoms with Gasteiger partial charge in [0.1, 0.15) is 12.3 Å². The summed E-state index contributed by atoms with van der Waals surface area (Å²) >= 11 is 0. The molecule has 0 aliphatic carbocycles. The van der Waals surface area contributed by atoms with Crippen molar-refractivity contribution in [3.05, 3.63) is 12.2 Å². The van der Waals surface area contributed by atoms with Gasteiger partial charge in [0.05, 0.1) is 53.7 Å². The average molecular weight is 830 g/mol. The zero-order chi connectivity index (χ0) is 43.2. The number of nitrogens with one attached hydrogen (secondary N) is 1. The highest BCUT2D eigenvalue weighted by Crippen LogP contribution is 2.53. The van der Waals surface area contributed by atoms with Crippen LogP contribution in [0.15, 0.2) is 12.2 Å². The Kier molecular flexibility index (Phi) is 14.5. The first kappa shape index (κ1) is 47.1. The Hall–Kier alpha value is -1.94. The third kappa shape index (κ3) is 9.28. The number of ketones is 2. The highest BCUT2D eigenvalue weighted by atomic mass is 19.4. The molecule has 0 saturated carbocycles. The zero-order valence-electron chi connectivity index (χ0n) is 36.2. The monoisotopic (exact) mass is 829 g/mol. The quantitative estimate of drug-likeness (QED) is 0.177. The van der Waals surface area contributed by atoms with Gasteiger partial charge in [-0.05, 0) is 95.6 Å². The number of hydrogen-bond acceptors (Lipinski definition) is 10. The first-order valence-electron chi connectivity index (χ1n) is 21.9. The fourth-order valence-corrected chi connectivity index (χ4v) is 10.7. The Labute approximate surface area is 342 Å². The van der Waals surface area contributed by atoms with Gasteiger partial charge in [-0.1, -0.05) is 55.4 Å². The maximum Gasteiger partial charge on any atom is 0.405 e. The van der Waals surface area contributed by atoms with E-state index in [0.717, 1.165) is 0 Å². The molecule has 5 aliphatic rings. The van der Waals surface area contributed by atoms with Crippen molar-refractivity contribution >= 4 is 17.5 Å². The molecule has 4 fully saturated rings. The molecule has 5 heterocycles. The summed E-state index contributed by atoms with van der Waals surface area (Å²) in [6.07, 6.45) is -0.0648. The van der Waals surface area contributed by atoms with Gasteiger partial charge in [0.15, 0.2) is 5.79 Å². The molecule has 3 N–H and O–H groups in total. The fourth-order valence-electron chi connectivity index (χ4n) is 10.7. The number of carbonyl (C=O) groups excluding carboxylic acids is 3. The number of ether oxygens (including phenoxy) is 5. The van der Waals surface area contributed by atoms with Crippen molar-refractivity contribution in [2.24, 2.45) is 41.4 Å². The number of aliphatic hydroxyl groups excluding tert-OH is 1. The molecular weight excluding hydrogens is 759 g/mol. The van der Waals surface area contributed by atoms with E-state index in [-0.39, 0.29) is 48.3 Å². The summed E-state index contributed by atoms with van der Waals surface area (Å²) in [4.78, 5) is 41.0. The Balaban J connectivity index is 1.29. The molecule has 14 heteroatoms. The highest BCUT2D eigenvalue weighted by Gasteiger charge is 2.63. The maximum atomic E-state index is 14.5. The second-order valence-electron chi connectivity index (χ2n) is 18.7. The molecule has 1 amide bonds. The van der Waals surface area contributed by atoms with Gasteiger partial charge in [0.25, 0.3) is 0 Å². The van der Waals surface area contributed by atoms with Crippen LogP contribution in [0.5, 0.6) is 0 Å². The molecule has 5 aliphatic heterocycles. The number of halogens is 3. The number of carbonyl (C=O) groups is 3. The minimum Gasteiger partial charge on any atom is -0.392 e. The van der Waals surface area contributed by atoms with E-state index >= 15 is 0 Å². The minimum atomic E-state index is -4.53. The normalized spacial score (nSPS) is 42.2. The third-order valence-electron chi connectivity index (χ3n) is 14.8. The lowest BCUT2D eigenvalue weighted by molar-refractivity contribution is -0.378. The van der Waals surface area contributed by atoms with E-state index in [0.29, 0.717) is 51.4 Å². The number of hydrogen-bond donors (Lipinski definition) is 3. The molecule has 0 aromatic rings. The molecule has 2 spiro atoms. The van der Waals surface area contributed by atoms with Crippen LogP contribution < -0.4 is 5.32 Å². The predicted octanol–water partition coefficient (Wildman–Crippen LogP) is 6.99.